The van der Waals surface area contributed by atoms with Crippen molar-refractivity contribution in [3.8, 4) is 11.5 Å². The summed E-state index contributed by atoms with van der Waals surface area (Å²) in [6.45, 7) is 7.37. The van der Waals surface area contributed by atoms with E-state index >= 15 is 0 Å². The second kappa shape index (κ2) is 36.5. The second-order valence-electron chi connectivity index (χ2n) is 24.4. The Morgan fingerprint density at radius 1 is 0.520 bits per heavy atom. The number of urea groups is 2. The summed E-state index contributed by atoms with van der Waals surface area (Å²) in [5.74, 6) is 1.04. The highest BCUT2D eigenvalue weighted by Gasteiger charge is 2.42. The number of amides is 4. The third-order valence-electron chi connectivity index (χ3n) is 17.2. The monoisotopic (exact) mass is 1470 g/mol. The Bertz CT molecular complexity index is 3570. The van der Waals surface area contributed by atoms with Gasteiger partial charge in [-0.25, -0.2) is 45.2 Å². The molecule has 10 N–H and O–H groups in total. The molecule has 4 heterocycles. The van der Waals surface area contributed by atoms with Crippen LogP contribution in [0.1, 0.15) is 84.4 Å². The largest absolute Gasteiger partial charge is 0.484 e. The van der Waals surface area contributed by atoms with E-state index < -0.39 is 20.0 Å². The summed E-state index contributed by atoms with van der Waals surface area (Å²) in [6, 6.07) is 19.4. The quantitative estimate of drug-likeness (QED) is 0.0223. The first kappa shape index (κ1) is 74.6. The maximum Gasteiger partial charge on any atom is 0.315 e. The third kappa shape index (κ3) is 21.7. The van der Waals surface area contributed by atoms with Gasteiger partial charge in [-0.15, -0.1) is 10.2 Å². The number of rotatable bonds is 37. The summed E-state index contributed by atoms with van der Waals surface area (Å²) in [4.78, 5) is 29.7. The smallest absolute Gasteiger partial charge is 0.315 e. The molecule has 0 unspecified atom stereocenters. The molecule has 4 aliphatic rings. The van der Waals surface area contributed by atoms with E-state index in [1.165, 1.54) is 24.3 Å². The Morgan fingerprint density at radius 3 is 1.32 bits per heavy atom. The summed E-state index contributed by atoms with van der Waals surface area (Å²) in [7, 11) is -7.64. The number of ether oxygens (including phenoxy) is 6. The third-order valence-corrected chi connectivity index (χ3v) is 21.3. The van der Waals surface area contributed by atoms with Crippen molar-refractivity contribution in [3.63, 3.8) is 0 Å². The number of nitrogens with zero attached hydrogens (tertiary/aromatic N) is 8. The van der Waals surface area contributed by atoms with Gasteiger partial charge in [-0.05, 0) is 148 Å². The second-order valence-corrected chi connectivity index (χ2v) is 29.6. The number of fused-ring (bicyclic) bond motifs is 2. The molecule has 4 amide bonds. The number of sulfonamides is 2. The van der Waals surface area contributed by atoms with Crippen molar-refractivity contribution in [2.24, 2.45) is 11.5 Å². The highest BCUT2D eigenvalue weighted by Crippen LogP contribution is 2.45. The molecule has 2 aliphatic heterocycles. The van der Waals surface area contributed by atoms with Crippen LogP contribution in [0.2, 0.25) is 20.1 Å². The van der Waals surface area contributed by atoms with Gasteiger partial charge < -0.3 is 61.2 Å². The molecule has 6 aromatic rings. The van der Waals surface area contributed by atoms with Crippen LogP contribution in [0.3, 0.4) is 0 Å². The van der Waals surface area contributed by atoms with E-state index in [1.807, 2.05) is 12.1 Å². The fourth-order valence-electron chi connectivity index (χ4n) is 12.3. The number of carbonyl (C=O) groups is 2. The number of likely N-dealkylation sites (tertiary alicyclic amines) is 2. The number of nitrogens with one attached hydrogen (secondary N) is 6. The lowest BCUT2D eigenvalue weighted by molar-refractivity contribution is 0.0459. The molecule has 534 valence electrons. The number of nitrogens with two attached hydrogens (primary N) is 2. The summed E-state index contributed by atoms with van der Waals surface area (Å²) >= 11 is 26.1. The van der Waals surface area contributed by atoms with E-state index in [-0.39, 0.29) is 124 Å². The molecule has 34 heteroatoms. The predicted molar refractivity (Wildman–Crippen MR) is 369 cm³/mol. The highest BCUT2D eigenvalue weighted by atomic mass is 35.5. The Hall–Kier alpha value is -6.04. The molecule has 0 spiro atoms. The maximum atomic E-state index is 13.1. The van der Waals surface area contributed by atoms with Crippen LogP contribution in [0.4, 0.5) is 9.59 Å². The standard InChI is InChI=1S/C64H86Cl4N16O12S2/c65-43-31-55-53(57(67)33-43)35-59(81-19-3-5-45(69)39-81)61(55)95-49-7-11-51(12-8-49)97(87,88)75-17-23-91-27-29-93-25-21-83-41-47(77-79-83)37-73-63(85)71-15-1-2-16-72-64(86)74-38-48-42-84(80-78-48)22-26-94-30-28-92-24-18-76-98(89,90)52-13-9-50(10-14-52)96-62-56-32-44(66)34-58(68)54(56)36-60(62)82-20-4-6-46(70)40-82/h7-14,31-34,41-42,45-46,59-62,75-76H,1-6,15-30,35-40,69-70H2,(H2,71,73,85)(H2,72,74,86)/t45-,46-,59+,60+,61+,62+/m1/s1. The minimum atomic E-state index is -3.82. The Kier molecular flexibility index (Phi) is 27.8. The van der Waals surface area contributed by atoms with Gasteiger partial charge in [-0.3, -0.25) is 9.80 Å². The summed E-state index contributed by atoms with van der Waals surface area (Å²) in [5.41, 5.74) is 17.6. The molecule has 2 aliphatic carbocycles. The van der Waals surface area contributed by atoms with Crippen molar-refractivity contribution in [2.45, 2.75) is 124 Å². The first-order valence-corrected chi connectivity index (χ1v) is 37.4. The van der Waals surface area contributed by atoms with Crippen molar-refractivity contribution < 1.29 is 54.8 Å². The van der Waals surface area contributed by atoms with Crippen molar-refractivity contribution >= 4 is 78.5 Å². The molecular formula is C64H86Cl4N16O12S2. The zero-order valence-electron chi connectivity index (χ0n) is 54.3. The van der Waals surface area contributed by atoms with Gasteiger partial charge in [0.1, 0.15) is 35.1 Å². The van der Waals surface area contributed by atoms with E-state index in [0.29, 0.717) is 108 Å². The number of halogens is 4. The van der Waals surface area contributed by atoms with Gasteiger partial charge in [0.2, 0.25) is 20.0 Å². The van der Waals surface area contributed by atoms with E-state index in [2.05, 4.69) is 61.1 Å². The molecule has 6 atom stereocenters. The minimum absolute atomic E-state index is 0.00334. The minimum Gasteiger partial charge on any atom is -0.484 e. The average Bonchev–Trinajstić information content (AvgIpc) is 1.62. The Balaban J connectivity index is 0.500. The van der Waals surface area contributed by atoms with Gasteiger partial charge in [0.05, 0.1) is 113 Å². The lowest BCUT2D eigenvalue weighted by Crippen LogP contribution is -2.49. The molecule has 0 radical (unpaired) electrons. The van der Waals surface area contributed by atoms with E-state index in [9.17, 15) is 26.4 Å². The lowest BCUT2D eigenvalue weighted by atomic mass is 10.0. The number of hydrogen-bond acceptors (Lipinski definition) is 20. The van der Waals surface area contributed by atoms with Gasteiger partial charge in [0.25, 0.3) is 0 Å². The van der Waals surface area contributed by atoms with Crippen LogP contribution in [-0.4, -0.2) is 198 Å². The van der Waals surface area contributed by atoms with Crippen molar-refractivity contribution in [1.29, 1.82) is 0 Å². The fourth-order valence-corrected chi connectivity index (χ4v) is 15.5. The highest BCUT2D eigenvalue weighted by molar-refractivity contribution is 7.89. The van der Waals surface area contributed by atoms with E-state index in [0.717, 1.165) is 74.1 Å². The van der Waals surface area contributed by atoms with Crippen molar-refractivity contribution in [2.75, 3.05) is 105 Å². The number of benzene rings is 4. The molecule has 0 saturated carbocycles. The molecule has 98 heavy (non-hydrogen) atoms. The molecule has 28 nitrogen and oxygen atoms in total. The maximum absolute atomic E-state index is 13.1. The molecule has 2 fully saturated rings. The summed E-state index contributed by atoms with van der Waals surface area (Å²) in [6.07, 6.45) is 9.28. The topological polar surface area (TPSA) is 350 Å². The molecule has 10 rings (SSSR count). The number of carbonyl (C=O) groups excluding carboxylic acids is 2. The Labute approximate surface area is 591 Å². The number of unbranched alkanes of at least 4 members (excludes halogenated alkanes) is 1. The first-order valence-electron chi connectivity index (χ1n) is 32.9. The molecule has 2 aromatic heterocycles. The lowest BCUT2D eigenvalue weighted by Gasteiger charge is -2.38. The molecular weight excluding hydrogens is 1390 g/mol. The number of piperidine rings is 2. The SMILES string of the molecule is N[C@@H]1CCCN([C@H]2Cc3c(Cl)cc(Cl)cc3[C@@H]2Oc2ccc(S(=O)(=O)NCCOCCOCCn3cc(CNC(=O)NCCCCNC(=O)NCc4cn(CCOCCOCCNS(=O)(=O)c5ccc(O[C@H]6c7cc(Cl)cc(Cl)c7C[C@@H]6N6CCC[C@@H](N)C6)cc5)nn4)nn3)cc2)C1. The Morgan fingerprint density at radius 2 is 0.918 bits per heavy atom. The van der Waals surface area contributed by atoms with Crippen LogP contribution in [0, 0.1) is 0 Å². The van der Waals surface area contributed by atoms with Crippen LogP contribution in [0.5, 0.6) is 11.5 Å². The number of hydrogen-bond donors (Lipinski definition) is 8. The first-order chi connectivity index (χ1) is 47.3. The summed E-state index contributed by atoms with van der Waals surface area (Å²) < 4.78 is 96.4. The average molecular weight is 1480 g/mol. The van der Waals surface area contributed by atoms with Crippen LogP contribution < -0.4 is 51.7 Å². The zero-order valence-corrected chi connectivity index (χ0v) is 59.0. The van der Waals surface area contributed by atoms with Gasteiger partial charge in [0.15, 0.2) is 0 Å². The van der Waals surface area contributed by atoms with Crippen molar-refractivity contribution in [3.05, 3.63) is 139 Å². The van der Waals surface area contributed by atoms with Gasteiger partial charge in [0, 0.05) is 82.6 Å². The molecule has 0 bridgehead atoms. The number of aromatic nitrogens is 6. The fraction of sp³-hybridized carbons (Fsp3) is 0.531. The van der Waals surface area contributed by atoms with Crippen LogP contribution in [0.15, 0.2) is 95.0 Å². The van der Waals surface area contributed by atoms with Gasteiger partial charge >= 0.3 is 12.1 Å². The zero-order chi connectivity index (χ0) is 69.0. The normalized spacial score (nSPS) is 19.7. The van der Waals surface area contributed by atoms with Crippen molar-refractivity contribution in [1.82, 2.24) is 70.5 Å². The van der Waals surface area contributed by atoms with Crippen LogP contribution in [0.25, 0.3) is 0 Å². The predicted octanol–water partition coefficient (Wildman–Crippen LogP) is 5.52. The van der Waals surface area contributed by atoms with E-state index in [4.69, 9.17) is 86.3 Å². The molecule has 4 aromatic carbocycles. The van der Waals surface area contributed by atoms with Gasteiger partial charge in [-0.1, -0.05) is 56.8 Å². The summed E-state index contributed by atoms with van der Waals surface area (Å²) in [5, 5.41) is 29.7. The van der Waals surface area contributed by atoms with Gasteiger partial charge in [-0.2, -0.15) is 0 Å². The van der Waals surface area contributed by atoms with Crippen LogP contribution in [-0.2, 0) is 78.0 Å². The van der Waals surface area contributed by atoms with E-state index in [1.54, 1.807) is 58.2 Å². The molecule has 2 saturated heterocycles. The van der Waals surface area contributed by atoms with Crippen LogP contribution >= 0.6 is 46.4 Å².